The number of carbonyl (C=O) groups is 2. The fourth-order valence-electron chi connectivity index (χ4n) is 4.55. The fraction of sp³-hybridized carbons (Fsp3) is 0.103. The molecular weight excluding hydrogens is 444 g/mol. The first kappa shape index (κ1) is 21.9. The lowest BCUT2D eigenvalue weighted by atomic mass is 9.97. The minimum absolute atomic E-state index is 0.266. The Morgan fingerprint density at radius 2 is 1.53 bits per heavy atom. The molecule has 1 N–H and O–H groups in total. The first-order valence-corrected chi connectivity index (χ1v) is 11.4. The number of halogens is 1. The van der Waals surface area contributed by atoms with Gasteiger partial charge in [-0.15, -0.1) is 0 Å². The number of fused-ring (bicyclic) bond motifs is 1. The van der Waals surface area contributed by atoms with Crippen LogP contribution >= 0.6 is 11.6 Å². The average molecular weight is 467 g/mol. The van der Waals surface area contributed by atoms with Crippen LogP contribution in [0.25, 0.3) is 16.3 Å². The number of anilines is 2. The van der Waals surface area contributed by atoms with Gasteiger partial charge in [-0.2, -0.15) is 0 Å². The molecule has 4 aromatic carbocycles. The van der Waals surface area contributed by atoms with Gasteiger partial charge in [0.2, 0.25) is 0 Å². The van der Waals surface area contributed by atoms with Crippen LogP contribution in [-0.4, -0.2) is 11.8 Å². The van der Waals surface area contributed by atoms with Crippen LogP contribution < -0.4 is 10.2 Å². The van der Waals surface area contributed by atoms with Gasteiger partial charge in [-0.3, -0.25) is 9.59 Å². The molecule has 34 heavy (non-hydrogen) atoms. The predicted octanol–water partition coefficient (Wildman–Crippen LogP) is 6.82. The van der Waals surface area contributed by atoms with Crippen LogP contribution in [0.2, 0.25) is 5.02 Å². The third kappa shape index (κ3) is 3.66. The highest BCUT2D eigenvalue weighted by Gasteiger charge is 2.41. The van der Waals surface area contributed by atoms with E-state index in [2.05, 4.69) is 5.32 Å². The van der Waals surface area contributed by atoms with Crippen LogP contribution in [-0.2, 0) is 9.59 Å². The molecule has 0 aliphatic carbocycles. The molecule has 0 saturated heterocycles. The Hall–Kier alpha value is -3.89. The van der Waals surface area contributed by atoms with Crippen molar-refractivity contribution in [1.29, 1.82) is 0 Å². The van der Waals surface area contributed by atoms with Gasteiger partial charge in [-0.25, -0.2) is 4.90 Å². The lowest BCUT2D eigenvalue weighted by Crippen LogP contribution is -2.33. The van der Waals surface area contributed by atoms with E-state index in [9.17, 15) is 9.59 Å². The van der Waals surface area contributed by atoms with Crippen molar-refractivity contribution in [2.45, 2.75) is 20.8 Å². The zero-order valence-corrected chi connectivity index (χ0v) is 19.9. The highest BCUT2D eigenvalue weighted by Crippen LogP contribution is 2.37. The molecule has 1 aliphatic rings. The summed E-state index contributed by atoms with van der Waals surface area (Å²) in [6, 6.07) is 24.9. The number of hydrogen-bond acceptors (Lipinski definition) is 3. The molecule has 5 rings (SSSR count). The molecule has 1 aliphatic heterocycles. The van der Waals surface area contributed by atoms with E-state index in [-0.39, 0.29) is 11.6 Å². The quantitative estimate of drug-likeness (QED) is 0.336. The maximum atomic E-state index is 13.8. The molecule has 2 amide bonds. The predicted molar refractivity (Wildman–Crippen MR) is 139 cm³/mol. The number of nitrogens with one attached hydrogen (secondary N) is 1. The molecule has 0 aromatic heterocycles. The van der Waals surface area contributed by atoms with Crippen molar-refractivity contribution in [1.82, 2.24) is 0 Å². The van der Waals surface area contributed by atoms with Crippen molar-refractivity contribution in [3.8, 4) is 0 Å². The second-order valence-corrected chi connectivity index (χ2v) is 9.03. The lowest BCUT2D eigenvalue weighted by molar-refractivity contribution is -0.120. The summed E-state index contributed by atoms with van der Waals surface area (Å²) in [4.78, 5) is 28.9. The molecular formula is C29H23ClN2O2. The molecule has 4 aromatic rings. The second-order valence-electron chi connectivity index (χ2n) is 8.60. The number of carbonyl (C=O) groups excluding carboxylic acids is 2. The SMILES string of the molecule is Cc1ccc(C2=C(Nc3cccc4ccccc34)C(=O)N(c3ccc(Cl)cc3C)C2=O)c(C)c1. The van der Waals surface area contributed by atoms with Crippen LogP contribution in [0.3, 0.4) is 0 Å². The Morgan fingerprint density at radius 3 is 2.29 bits per heavy atom. The van der Waals surface area contributed by atoms with Crippen molar-refractivity contribution in [3.05, 3.63) is 112 Å². The standard InChI is InChI=1S/C29H23ClN2O2/c1-17-11-13-22(18(2)15-17)26-27(31-24-10-6-8-20-7-4-5-9-23(20)24)29(34)32(28(26)33)25-14-12-21(30)16-19(25)3/h4-16,31H,1-3H3. The van der Waals surface area contributed by atoms with E-state index in [0.717, 1.165) is 38.7 Å². The number of nitrogens with zero attached hydrogens (tertiary/aromatic N) is 1. The van der Waals surface area contributed by atoms with Crippen molar-refractivity contribution in [2.24, 2.45) is 0 Å². The number of hydrogen-bond donors (Lipinski definition) is 1. The Morgan fingerprint density at radius 1 is 0.765 bits per heavy atom. The van der Waals surface area contributed by atoms with Crippen molar-refractivity contribution in [2.75, 3.05) is 10.2 Å². The van der Waals surface area contributed by atoms with Crippen LogP contribution in [0.5, 0.6) is 0 Å². The van der Waals surface area contributed by atoms with Gasteiger partial charge in [0.1, 0.15) is 5.70 Å². The molecule has 0 spiro atoms. The zero-order chi connectivity index (χ0) is 24.0. The van der Waals surface area contributed by atoms with Crippen LogP contribution in [0.1, 0.15) is 22.3 Å². The lowest BCUT2D eigenvalue weighted by Gasteiger charge is -2.18. The molecule has 168 valence electrons. The van der Waals surface area contributed by atoms with Crippen molar-refractivity contribution < 1.29 is 9.59 Å². The topological polar surface area (TPSA) is 49.4 Å². The Balaban J connectivity index is 1.70. The molecule has 4 nitrogen and oxygen atoms in total. The third-order valence-electron chi connectivity index (χ3n) is 6.18. The smallest absolute Gasteiger partial charge is 0.282 e. The molecule has 1 heterocycles. The Bertz CT molecular complexity index is 1510. The summed E-state index contributed by atoms with van der Waals surface area (Å²) in [6.45, 7) is 5.80. The van der Waals surface area contributed by atoms with E-state index in [1.165, 1.54) is 4.90 Å². The summed E-state index contributed by atoms with van der Waals surface area (Å²) in [5.41, 5.74) is 5.44. The summed E-state index contributed by atoms with van der Waals surface area (Å²) in [5, 5.41) is 5.90. The minimum atomic E-state index is -0.390. The molecule has 0 bridgehead atoms. The van der Waals surface area contributed by atoms with Crippen LogP contribution in [0, 0.1) is 20.8 Å². The van der Waals surface area contributed by atoms with Gasteiger partial charge in [0.25, 0.3) is 11.8 Å². The molecule has 5 heteroatoms. The highest BCUT2D eigenvalue weighted by molar-refractivity contribution is 6.46. The van der Waals surface area contributed by atoms with E-state index in [4.69, 9.17) is 11.6 Å². The highest BCUT2D eigenvalue weighted by atomic mass is 35.5. The third-order valence-corrected chi connectivity index (χ3v) is 6.42. The van der Waals surface area contributed by atoms with E-state index in [1.807, 2.05) is 81.4 Å². The maximum Gasteiger partial charge on any atom is 0.282 e. The molecule has 0 saturated carbocycles. The van der Waals surface area contributed by atoms with Crippen molar-refractivity contribution >= 4 is 51.1 Å². The number of rotatable bonds is 4. The fourth-order valence-corrected chi connectivity index (χ4v) is 4.77. The van der Waals surface area contributed by atoms with Gasteiger partial charge in [0, 0.05) is 16.1 Å². The molecule has 0 radical (unpaired) electrons. The van der Waals surface area contributed by atoms with E-state index < -0.39 is 5.91 Å². The minimum Gasteiger partial charge on any atom is -0.350 e. The van der Waals surface area contributed by atoms with Gasteiger partial charge in [-0.1, -0.05) is 71.8 Å². The van der Waals surface area contributed by atoms with E-state index in [0.29, 0.717) is 16.3 Å². The van der Waals surface area contributed by atoms with Gasteiger partial charge < -0.3 is 5.32 Å². The number of amides is 2. The normalized spacial score (nSPS) is 13.8. The summed E-state index contributed by atoms with van der Waals surface area (Å²) in [7, 11) is 0. The summed E-state index contributed by atoms with van der Waals surface area (Å²) < 4.78 is 0. The summed E-state index contributed by atoms with van der Waals surface area (Å²) >= 11 is 6.14. The van der Waals surface area contributed by atoms with Gasteiger partial charge >= 0.3 is 0 Å². The van der Waals surface area contributed by atoms with Crippen molar-refractivity contribution in [3.63, 3.8) is 0 Å². The molecule has 0 atom stereocenters. The molecule has 0 fully saturated rings. The van der Waals surface area contributed by atoms with Crippen LogP contribution in [0.4, 0.5) is 11.4 Å². The summed E-state index contributed by atoms with van der Waals surface area (Å²) in [5.74, 6) is -0.747. The zero-order valence-electron chi connectivity index (χ0n) is 19.1. The van der Waals surface area contributed by atoms with E-state index >= 15 is 0 Å². The monoisotopic (exact) mass is 466 g/mol. The molecule has 0 unspecified atom stereocenters. The number of benzene rings is 4. The Labute approximate surface area is 203 Å². The first-order valence-electron chi connectivity index (χ1n) is 11.1. The summed E-state index contributed by atoms with van der Waals surface area (Å²) in [6.07, 6.45) is 0. The average Bonchev–Trinajstić information content (AvgIpc) is 3.04. The number of aryl methyl sites for hydroxylation is 3. The second kappa shape index (κ2) is 8.47. The number of imide groups is 1. The largest absolute Gasteiger partial charge is 0.350 e. The van der Waals surface area contributed by atoms with Gasteiger partial charge in [0.15, 0.2) is 0 Å². The van der Waals surface area contributed by atoms with E-state index in [1.54, 1.807) is 18.2 Å². The van der Waals surface area contributed by atoms with Gasteiger partial charge in [0.05, 0.1) is 11.3 Å². The Kier molecular flexibility index (Phi) is 5.46. The first-order chi connectivity index (χ1) is 16.3. The maximum absolute atomic E-state index is 13.8. The van der Waals surface area contributed by atoms with Crippen LogP contribution in [0.15, 0.2) is 84.6 Å². The van der Waals surface area contributed by atoms with Gasteiger partial charge in [-0.05, 0) is 67.1 Å².